The van der Waals surface area contributed by atoms with Gasteiger partial charge < -0.3 is 25.6 Å². The number of ether oxygens (including phenoxy) is 1. The van der Waals surface area contributed by atoms with Gasteiger partial charge in [0, 0.05) is 19.3 Å². The second-order valence-electron chi connectivity index (χ2n) is 3.75. The van der Waals surface area contributed by atoms with Gasteiger partial charge in [0.1, 0.15) is 0 Å². The lowest BCUT2D eigenvalue weighted by Gasteiger charge is -2.23. The largest absolute Gasteiger partial charge is 0.462 e. The Morgan fingerprint density at radius 3 is 2.58 bits per heavy atom. The van der Waals surface area contributed by atoms with Gasteiger partial charge in [-0.3, -0.25) is 0 Å². The monoisotopic (exact) mass is 269 g/mol. The fourth-order valence-corrected chi connectivity index (χ4v) is 1.67. The molecule has 1 aromatic heterocycles. The first-order valence-corrected chi connectivity index (χ1v) is 6.04. The van der Waals surface area contributed by atoms with Crippen molar-refractivity contribution in [3.05, 3.63) is 17.8 Å². The molecule has 0 unspecified atom stereocenters. The number of aromatic nitrogens is 1. The molecule has 7 heteroatoms. The Morgan fingerprint density at radius 1 is 1.42 bits per heavy atom. The summed E-state index contributed by atoms with van der Waals surface area (Å²) in [4.78, 5) is 17.4. The lowest BCUT2D eigenvalue weighted by Crippen LogP contribution is -2.31. The van der Waals surface area contributed by atoms with Gasteiger partial charge in [0.2, 0.25) is 0 Å². The Balaban J connectivity index is 3.07. The molecule has 0 radical (unpaired) electrons. The Bertz CT molecular complexity index is 419. The third kappa shape index (κ3) is 3.80. The number of nitrogens with two attached hydrogens (primary N) is 1. The maximum Gasteiger partial charge on any atom is 0.340 e. The predicted octanol–water partition coefficient (Wildman–Crippen LogP) is -0.368. The van der Waals surface area contributed by atoms with E-state index in [2.05, 4.69) is 4.98 Å². The summed E-state index contributed by atoms with van der Waals surface area (Å²) in [5.74, 6) is -0.162. The second kappa shape index (κ2) is 7.55. The summed E-state index contributed by atoms with van der Waals surface area (Å²) >= 11 is 0. The Kier molecular flexibility index (Phi) is 6.04. The molecule has 0 aliphatic carbocycles. The van der Waals surface area contributed by atoms with Crippen LogP contribution in [0.3, 0.4) is 0 Å². The van der Waals surface area contributed by atoms with Crippen molar-refractivity contribution in [3.8, 4) is 0 Å². The van der Waals surface area contributed by atoms with Crippen LogP contribution in [0.25, 0.3) is 0 Å². The minimum absolute atomic E-state index is 0.106. The topological polar surface area (TPSA) is 109 Å². The summed E-state index contributed by atoms with van der Waals surface area (Å²) in [6.07, 6.45) is 1.44. The van der Waals surface area contributed by atoms with Crippen molar-refractivity contribution >= 4 is 17.5 Å². The number of carbonyl (C=O) groups excluding carboxylic acids is 1. The first-order chi connectivity index (χ1) is 9.15. The van der Waals surface area contributed by atoms with E-state index in [1.807, 2.05) is 0 Å². The van der Waals surface area contributed by atoms with Crippen LogP contribution in [0.5, 0.6) is 0 Å². The molecule has 1 aromatic rings. The molecular weight excluding hydrogens is 250 g/mol. The maximum atomic E-state index is 11.7. The number of esters is 1. The zero-order chi connectivity index (χ0) is 14.3. The van der Waals surface area contributed by atoms with Gasteiger partial charge in [-0.15, -0.1) is 0 Å². The Labute approximate surface area is 111 Å². The minimum atomic E-state index is -0.517. The van der Waals surface area contributed by atoms with Crippen LogP contribution in [0.4, 0.5) is 11.5 Å². The Morgan fingerprint density at radius 2 is 2.05 bits per heavy atom. The van der Waals surface area contributed by atoms with E-state index in [1.54, 1.807) is 11.8 Å². The predicted molar refractivity (Wildman–Crippen MR) is 71.0 cm³/mol. The summed E-state index contributed by atoms with van der Waals surface area (Å²) in [5, 5.41) is 18.0. The molecule has 7 nitrogen and oxygen atoms in total. The van der Waals surface area contributed by atoms with E-state index in [1.165, 1.54) is 12.3 Å². The van der Waals surface area contributed by atoms with Gasteiger partial charge in [-0.2, -0.15) is 0 Å². The SMILES string of the molecule is CCOC(=O)c1ccnc(N(CCO)CCO)c1N. The number of aliphatic hydroxyl groups excluding tert-OH is 2. The number of hydrogen-bond donors (Lipinski definition) is 3. The van der Waals surface area contributed by atoms with Crippen molar-refractivity contribution in [1.29, 1.82) is 0 Å². The summed E-state index contributed by atoms with van der Waals surface area (Å²) in [6, 6.07) is 1.48. The number of pyridine rings is 1. The highest BCUT2D eigenvalue weighted by atomic mass is 16.5. The van der Waals surface area contributed by atoms with Crippen molar-refractivity contribution in [2.24, 2.45) is 0 Å². The number of carbonyl (C=O) groups is 1. The summed E-state index contributed by atoms with van der Waals surface area (Å²) in [5.41, 5.74) is 6.32. The van der Waals surface area contributed by atoms with Gasteiger partial charge in [-0.05, 0) is 13.0 Å². The van der Waals surface area contributed by atoms with Crippen molar-refractivity contribution in [1.82, 2.24) is 4.98 Å². The first kappa shape index (κ1) is 15.2. The fourth-order valence-electron chi connectivity index (χ4n) is 1.67. The van der Waals surface area contributed by atoms with Crippen molar-refractivity contribution < 1.29 is 19.7 Å². The van der Waals surface area contributed by atoms with E-state index in [9.17, 15) is 4.79 Å². The van der Waals surface area contributed by atoms with Crippen LogP contribution in [-0.2, 0) is 4.74 Å². The molecule has 1 rings (SSSR count). The summed E-state index contributed by atoms with van der Waals surface area (Å²) in [7, 11) is 0. The van der Waals surface area contributed by atoms with Gasteiger partial charge in [-0.1, -0.05) is 0 Å². The summed E-state index contributed by atoms with van der Waals surface area (Å²) < 4.78 is 4.90. The normalized spacial score (nSPS) is 10.3. The highest BCUT2D eigenvalue weighted by molar-refractivity contribution is 5.97. The molecule has 0 aromatic carbocycles. The van der Waals surface area contributed by atoms with Crippen LogP contribution in [0.1, 0.15) is 17.3 Å². The van der Waals surface area contributed by atoms with E-state index in [0.717, 1.165) is 0 Å². The molecule has 0 fully saturated rings. The van der Waals surface area contributed by atoms with Crippen LogP contribution in [0.2, 0.25) is 0 Å². The van der Waals surface area contributed by atoms with Gasteiger partial charge in [0.15, 0.2) is 5.82 Å². The van der Waals surface area contributed by atoms with Crippen molar-refractivity contribution in [2.45, 2.75) is 6.92 Å². The smallest absolute Gasteiger partial charge is 0.340 e. The molecule has 1 heterocycles. The number of anilines is 2. The average Bonchev–Trinajstić information content (AvgIpc) is 2.39. The summed E-state index contributed by atoms with van der Waals surface area (Å²) in [6.45, 7) is 2.29. The molecule has 0 amide bonds. The van der Waals surface area contributed by atoms with Crippen molar-refractivity contribution in [2.75, 3.05) is 43.5 Å². The van der Waals surface area contributed by atoms with E-state index < -0.39 is 5.97 Å². The Hall–Kier alpha value is -1.86. The molecule has 0 bridgehead atoms. The third-order valence-electron chi connectivity index (χ3n) is 2.50. The molecule has 0 aliphatic heterocycles. The number of rotatable bonds is 7. The fraction of sp³-hybridized carbons (Fsp3) is 0.500. The van der Waals surface area contributed by atoms with Gasteiger partial charge in [0.05, 0.1) is 31.1 Å². The van der Waals surface area contributed by atoms with Gasteiger partial charge in [-0.25, -0.2) is 9.78 Å². The van der Waals surface area contributed by atoms with Crippen LogP contribution >= 0.6 is 0 Å². The van der Waals surface area contributed by atoms with E-state index in [4.69, 9.17) is 20.7 Å². The molecular formula is C12H19N3O4. The lowest BCUT2D eigenvalue weighted by molar-refractivity contribution is 0.0527. The zero-order valence-corrected chi connectivity index (χ0v) is 10.9. The number of nitrogens with zero attached hydrogens (tertiary/aromatic N) is 2. The minimum Gasteiger partial charge on any atom is -0.462 e. The quantitative estimate of drug-likeness (QED) is 0.579. The molecule has 106 valence electrons. The van der Waals surface area contributed by atoms with Crippen LogP contribution in [0.15, 0.2) is 12.3 Å². The highest BCUT2D eigenvalue weighted by Gasteiger charge is 2.18. The maximum absolute atomic E-state index is 11.7. The van der Waals surface area contributed by atoms with Gasteiger partial charge in [0.25, 0.3) is 0 Å². The molecule has 0 saturated carbocycles. The van der Waals surface area contributed by atoms with E-state index in [0.29, 0.717) is 5.82 Å². The van der Waals surface area contributed by atoms with Crippen LogP contribution in [0, 0.1) is 0 Å². The second-order valence-corrected chi connectivity index (χ2v) is 3.75. The molecule has 0 spiro atoms. The van der Waals surface area contributed by atoms with Crippen LogP contribution < -0.4 is 10.6 Å². The zero-order valence-electron chi connectivity index (χ0n) is 10.9. The molecule has 0 saturated heterocycles. The highest BCUT2D eigenvalue weighted by Crippen LogP contribution is 2.24. The number of aliphatic hydroxyl groups is 2. The molecule has 19 heavy (non-hydrogen) atoms. The number of nitrogen functional groups attached to an aromatic ring is 1. The van der Waals surface area contributed by atoms with Gasteiger partial charge >= 0.3 is 5.97 Å². The van der Waals surface area contributed by atoms with E-state index in [-0.39, 0.29) is 44.2 Å². The number of hydrogen-bond acceptors (Lipinski definition) is 7. The standard InChI is InChI=1S/C12H19N3O4/c1-2-19-12(18)9-3-4-14-11(10(9)13)15(5-7-16)6-8-17/h3-4,16-17H,2,5-8,13H2,1H3. The first-order valence-electron chi connectivity index (χ1n) is 6.04. The lowest BCUT2D eigenvalue weighted by atomic mass is 10.2. The third-order valence-corrected chi connectivity index (χ3v) is 2.50. The molecule has 4 N–H and O–H groups in total. The van der Waals surface area contributed by atoms with Crippen molar-refractivity contribution in [3.63, 3.8) is 0 Å². The van der Waals surface area contributed by atoms with Crippen LogP contribution in [-0.4, -0.2) is 54.1 Å². The molecule has 0 aliphatic rings. The van der Waals surface area contributed by atoms with E-state index >= 15 is 0 Å². The molecule has 0 atom stereocenters. The average molecular weight is 269 g/mol.